The fourth-order valence-corrected chi connectivity index (χ4v) is 2.45. The highest BCUT2D eigenvalue weighted by Crippen LogP contribution is 2.34. The van der Waals surface area contributed by atoms with E-state index in [1.165, 1.54) is 4.90 Å². The Labute approximate surface area is 115 Å². The molecule has 1 aliphatic rings. The summed E-state index contributed by atoms with van der Waals surface area (Å²) in [5, 5.41) is 0. The third-order valence-corrected chi connectivity index (χ3v) is 3.66. The number of amides is 1. The van der Waals surface area contributed by atoms with Crippen LogP contribution in [0.3, 0.4) is 0 Å². The molecule has 1 fully saturated rings. The Hall–Kier alpha value is -1.78. The molecule has 20 heavy (non-hydrogen) atoms. The number of piperidine rings is 1. The molecule has 1 saturated heterocycles. The minimum absolute atomic E-state index is 0.0223. The number of carbonyl (C=O) groups is 1. The molecule has 5 heteroatoms. The monoisotopic (exact) mass is 283 g/mol. The Morgan fingerprint density at radius 3 is 2.40 bits per heavy atom. The Morgan fingerprint density at radius 2 is 1.85 bits per heavy atom. The van der Waals surface area contributed by atoms with E-state index in [0.29, 0.717) is 11.1 Å². The largest absolute Gasteiger partial charge is 0.391 e. The van der Waals surface area contributed by atoms with Gasteiger partial charge in [-0.15, -0.1) is 0 Å². The van der Waals surface area contributed by atoms with Crippen molar-refractivity contribution in [3.8, 4) is 0 Å². The lowest BCUT2D eigenvalue weighted by Crippen LogP contribution is -2.42. The predicted molar refractivity (Wildman–Crippen MR) is 71.2 cm³/mol. The smallest absolute Gasteiger partial charge is 0.339 e. The van der Waals surface area contributed by atoms with E-state index in [2.05, 4.69) is 6.58 Å². The molecule has 2 rings (SSSR count). The van der Waals surface area contributed by atoms with Crippen molar-refractivity contribution in [3.63, 3.8) is 0 Å². The molecular weight excluding hydrogens is 267 g/mol. The van der Waals surface area contributed by atoms with Crippen molar-refractivity contribution in [3.05, 3.63) is 42.0 Å². The molecule has 1 aromatic rings. The minimum atomic E-state index is -4.16. The van der Waals surface area contributed by atoms with Crippen molar-refractivity contribution < 1.29 is 18.0 Å². The van der Waals surface area contributed by atoms with Gasteiger partial charge >= 0.3 is 6.18 Å². The molecule has 0 aliphatic carbocycles. The first-order valence-corrected chi connectivity index (χ1v) is 6.51. The molecular formula is C15H16F3NO. The first kappa shape index (κ1) is 14.6. The molecule has 2 nitrogen and oxygen atoms in total. The van der Waals surface area contributed by atoms with E-state index >= 15 is 0 Å². The molecule has 0 saturated carbocycles. The molecule has 1 aromatic carbocycles. The van der Waals surface area contributed by atoms with Crippen LogP contribution in [-0.4, -0.2) is 30.1 Å². The maximum atomic E-state index is 12.6. The molecule has 1 aliphatic heterocycles. The van der Waals surface area contributed by atoms with Gasteiger partial charge in [0, 0.05) is 18.7 Å². The zero-order chi connectivity index (χ0) is 14.8. The van der Waals surface area contributed by atoms with Gasteiger partial charge in [-0.25, -0.2) is 0 Å². The van der Waals surface area contributed by atoms with Gasteiger partial charge in [-0.3, -0.25) is 4.79 Å². The zero-order valence-corrected chi connectivity index (χ0v) is 11.0. The van der Waals surface area contributed by atoms with E-state index in [-0.39, 0.29) is 31.8 Å². The fraction of sp³-hybridized carbons (Fsp3) is 0.400. The molecule has 0 spiro atoms. The van der Waals surface area contributed by atoms with E-state index in [1.807, 2.05) is 0 Å². The summed E-state index contributed by atoms with van der Waals surface area (Å²) in [7, 11) is 0. The molecule has 0 radical (unpaired) electrons. The molecule has 0 atom stereocenters. The highest BCUT2D eigenvalue weighted by Gasteiger charge is 2.41. The third kappa shape index (κ3) is 3.03. The second kappa shape index (κ2) is 5.69. The van der Waals surface area contributed by atoms with E-state index in [0.717, 1.165) is 0 Å². The van der Waals surface area contributed by atoms with Crippen molar-refractivity contribution in [2.75, 3.05) is 13.1 Å². The van der Waals surface area contributed by atoms with Crippen LogP contribution in [0.25, 0.3) is 6.08 Å². The van der Waals surface area contributed by atoms with Crippen molar-refractivity contribution in [2.45, 2.75) is 19.0 Å². The molecule has 108 valence electrons. The van der Waals surface area contributed by atoms with E-state index in [1.54, 1.807) is 30.3 Å². The van der Waals surface area contributed by atoms with Crippen LogP contribution in [0.1, 0.15) is 28.8 Å². The summed E-state index contributed by atoms with van der Waals surface area (Å²) in [5.41, 5.74) is 1.20. The number of benzene rings is 1. The number of rotatable bonds is 2. The normalized spacial score (nSPS) is 17.1. The predicted octanol–water partition coefficient (Wildman–Crippen LogP) is 3.74. The van der Waals surface area contributed by atoms with Gasteiger partial charge in [-0.2, -0.15) is 13.2 Å². The van der Waals surface area contributed by atoms with Gasteiger partial charge < -0.3 is 4.90 Å². The number of halogens is 3. The summed E-state index contributed by atoms with van der Waals surface area (Å²) in [6, 6.07) is 6.98. The second-order valence-corrected chi connectivity index (χ2v) is 4.90. The summed E-state index contributed by atoms with van der Waals surface area (Å²) < 4.78 is 37.8. The third-order valence-electron chi connectivity index (χ3n) is 3.66. The number of likely N-dealkylation sites (tertiary alicyclic amines) is 1. The van der Waals surface area contributed by atoms with Crippen molar-refractivity contribution in [1.82, 2.24) is 4.90 Å². The maximum absolute atomic E-state index is 12.6. The van der Waals surface area contributed by atoms with Crippen molar-refractivity contribution in [2.24, 2.45) is 5.92 Å². The van der Waals surface area contributed by atoms with Crippen molar-refractivity contribution >= 4 is 12.0 Å². The lowest BCUT2D eigenvalue weighted by atomic mass is 9.95. The average Bonchev–Trinajstić information content (AvgIpc) is 2.45. The van der Waals surface area contributed by atoms with Gasteiger partial charge in [0.1, 0.15) is 0 Å². The lowest BCUT2D eigenvalue weighted by Gasteiger charge is -2.33. The van der Waals surface area contributed by atoms with E-state index in [9.17, 15) is 18.0 Å². The van der Waals surface area contributed by atoms with Crippen LogP contribution in [0.4, 0.5) is 13.2 Å². The van der Waals surface area contributed by atoms with Gasteiger partial charge in [0.25, 0.3) is 5.91 Å². The maximum Gasteiger partial charge on any atom is 0.391 e. The summed E-state index contributed by atoms with van der Waals surface area (Å²) in [4.78, 5) is 13.8. The molecule has 0 N–H and O–H groups in total. The van der Waals surface area contributed by atoms with Gasteiger partial charge in [-0.05, 0) is 24.5 Å². The van der Waals surface area contributed by atoms with Crippen molar-refractivity contribution in [1.29, 1.82) is 0 Å². The highest BCUT2D eigenvalue weighted by atomic mass is 19.4. The van der Waals surface area contributed by atoms with E-state index < -0.39 is 12.1 Å². The number of alkyl halides is 3. The molecule has 1 heterocycles. The topological polar surface area (TPSA) is 20.3 Å². The highest BCUT2D eigenvalue weighted by molar-refractivity contribution is 5.97. The van der Waals surface area contributed by atoms with Crippen LogP contribution in [0.2, 0.25) is 0 Å². The standard InChI is InChI=1S/C15H16F3NO/c1-2-11-5-3-4-6-13(11)14(20)19-9-7-12(8-10-19)15(16,17)18/h2-6,12H,1,7-10H2. The summed E-state index contributed by atoms with van der Waals surface area (Å²) in [5.74, 6) is -1.51. The summed E-state index contributed by atoms with van der Waals surface area (Å²) in [6.07, 6.45) is -2.62. The number of hydrogen-bond donors (Lipinski definition) is 0. The van der Waals surface area contributed by atoms with Gasteiger partial charge in [0.05, 0.1) is 5.92 Å². The number of hydrogen-bond acceptors (Lipinski definition) is 1. The van der Waals surface area contributed by atoms with Crippen LogP contribution in [0, 0.1) is 5.92 Å². The van der Waals surface area contributed by atoms with Gasteiger partial charge in [-0.1, -0.05) is 30.9 Å². The molecule has 0 unspecified atom stereocenters. The molecule has 0 aromatic heterocycles. The molecule has 1 amide bonds. The zero-order valence-electron chi connectivity index (χ0n) is 11.0. The van der Waals surface area contributed by atoms with Crippen LogP contribution >= 0.6 is 0 Å². The minimum Gasteiger partial charge on any atom is -0.339 e. The van der Waals surface area contributed by atoms with Crippen LogP contribution in [0.5, 0.6) is 0 Å². The fourth-order valence-electron chi connectivity index (χ4n) is 2.45. The van der Waals surface area contributed by atoms with E-state index in [4.69, 9.17) is 0 Å². The van der Waals surface area contributed by atoms with Gasteiger partial charge in [0.15, 0.2) is 0 Å². The number of carbonyl (C=O) groups excluding carboxylic acids is 1. The van der Waals surface area contributed by atoms with Gasteiger partial charge in [0.2, 0.25) is 0 Å². The van der Waals surface area contributed by atoms with Crippen LogP contribution < -0.4 is 0 Å². The quantitative estimate of drug-likeness (QED) is 0.809. The Bertz CT molecular complexity index is 502. The molecule has 0 bridgehead atoms. The number of nitrogens with zero attached hydrogens (tertiary/aromatic N) is 1. The summed E-state index contributed by atoms with van der Waals surface area (Å²) >= 11 is 0. The Morgan fingerprint density at radius 1 is 1.25 bits per heavy atom. The second-order valence-electron chi connectivity index (χ2n) is 4.90. The van der Waals surface area contributed by atoms with Crippen LogP contribution in [-0.2, 0) is 0 Å². The summed E-state index contributed by atoms with van der Waals surface area (Å²) in [6.45, 7) is 3.94. The van der Waals surface area contributed by atoms with Crippen LogP contribution in [0.15, 0.2) is 30.8 Å². The first-order chi connectivity index (χ1) is 9.43. The first-order valence-electron chi connectivity index (χ1n) is 6.51. The Kier molecular flexibility index (Phi) is 4.16. The SMILES string of the molecule is C=Cc1ccccc1C(=O)N1CCC(C(F)(F)F)CC1. The average molecular weight is 283 g/mol. The lowest BCUT2D eigenvalue weighted by molar-refractivity contribution is -0.183. The Balaban J connectivity index is 2.07.